The summed E-state index contributed by atoms with van der Waals surface area (Å²) < 4.78 is 0. The number of nitrogens with two attached hydrogens (primary N) is 1. The molecule has 0 saturated heterocycles. The highest BCUT2D eigenvalue weighted by Crippen LogP contribution is 2.15. The fraction of sp³-hybridized carbons (Fsp3) is 0.333. The third kappa shape index (κ3) is 6.11. The predicted molar refractivity (Wildman–Crippen MR) is 93.4 cm³/mol. The van der Waals surface area contributed by atoms with Gasteiger partial charge >= 0.3 is 0 Å². The Morgan fingerprint density at radius 2 is 2.00 bits per heavy atom. The van der Waals surface area contributed by atoms with Crippen LogP contribution in [0.3, 0.4) is 0 Å². The summed E-state index contributed by atoms with van der Waals surface area (Å²) in [5, 5.41) is 5.91. The van der Waals surface area contributed by atoms with Crippen LogP contribution in [0, 0.1) is 0 Å². The number of benzene rings is 1. The Morgan fingerprint density at radius 1 is 1.22 bits per heavy atom. The van der Waals surface area contributed by atoms with Crippen molar-refractivity contribution in [2.45, 2.75) is 19.1 Å². The molecule has 8 heteroatoms. The highest BCUT2D eigenvalue weighted by molar-refractivity contribution is 7.99. The van der Waals surface area contributed by atoms with E-state index in [0.29, 0.717) is 29.8 Å². The molecule has 0 aliphatic rings. The van der Waals surface area contributed by atoms with Crippen molar-refractivity contribution < 1.29 is 4.79 Å². The fourth-order valence-corrected chi connectivity index (χ4v) is 2.46. The summed E-state index contributed by atoms with van der Waals surface area (Å²) in [7, 11) is 0. The van der Waals surface area contributed by atoms with Gasteiger partial charge < -0.3 is 16.4 Å². The Labute approximate surface area is 139 Å². The number of hydrogen-bond acceptors (Lipinski definition) is 7. The van der Waals surface area contributed by atoms with Crippen LogP contribution in [-0.2, 0) is 10.5 Å². The molecule has 0 bridgehead atoms. The first-order valence-electron chi connectivity index (χ1n) is 7.34. The Morgan fingerprint density at radius 3 is 2.74 bits per heavy atom. The number of carbonyl (C=O) groups excluding carboxylic acids is 1. The molecule has 4 N–H and O–H groups in total. The SMILES string of the molecule is CCCNC(=O)CSCc1nc(N)nc(Nc2ccccc2)n1. The number of para-hydroxylation sites is 1. The molecular weight excluding hydrogens is 312 g/mol. The highest BCUT2D eigenvalue weighted by Gasteiger charge is 2.07. The second-order valence-corrected chi connectivity index (χ2v) is 5.75. The zero-order valence-electron chi connectivity index (χ0n) is 13.0. The largest absolute Gasteiger partial charge is 0.368 e. The van der Waals surface area contributed by atoms with E-state index in [0.717, 1.165) is 12.1 Å². The summed E-state index contributed by atoms with van der Waals surface area (Å²) in [5.74, 6) is 1.98. The fourth-order valence-electron chi connectivity index (χ4n) is 1.76. The number of aromatic nitrogens is 3. The minimum absolute atomic E-state index is 0.0153. The monoisotopic (exact) mass is 332 g/mol. The van der Waals surface area contributed by atoms with Gasteiger partial charge in [0.05, 0.1) is 11.5 Å². The number of thioether (sulfide) groups is 1. The van der Waals surface area contributed by atoms with Crippen molar-refractivity contribution >= 4 is 35.3 Å². The van der Waals surface area contributed by atoms with Crippen molar-refractivity contribution in [1.29, 1.82) is 0 Å². The minimum Gasteiger partial charge on any atom is -0.368 e. The average Bonchev–Trinajstić information content (AvgIpc) is 2.53. The molecular formula is C15H20N6OS. The summed E-state index contributed by atoms with van der Waals surface area (Å²) in [5.41, 5.74) is 6.59. The maximum atomic E-state index is 11.5. The minimum atomic E-state index is 0.0153. The van der Waals surface area contributed by atoms with Crippen LogP contribution in [0.2, 0.25) is 0 Å². The topological polar surface area (TPSA) is 106 Å². The number of hydrogen-bond donors (Lipinski definition) is 3. The standard InChI is InChI=1S/C15H20N6OS/c1-2-8-17-13(22)10-23-9-12-19-14(16)21-15(20-12)18-11-6-4-3-5-7-11/h3-7H,2,8-10H2,1H3,(H,17,22)(H3,16,18,19,20,21). The summed E-state index contributed by atoms with van der Waals surface area (Å²) >= 11 is 1.44. The summed E-state index contributed by atoms with van der Waals surface area (Å²) in [4.78, 5) is 24.0. The van der Waals surface area contributed by atoms with Crippen LogP contribution in [0.5, 0.6) is 0 Å². The number of nitrogen functional groups attached to an aromatic ring is 1. The van der Waals surface area contributed by atoms with E-state index in [9.17, 15) is 4.79 Å². The van der Waals surface area contributed by atoms with Gasteiger partial charge in [-0.05, 0) is 18.6 Å². The van der Waals surface area contributed by atoms with Crippen LogP contribution in [0.1, 0.15) is 19.2 Å². The van der Waals surface area contributed by atoms with Crippen molar-refractivity contribution in [2.24, 2.45) is 0 Å². The van der Waals surface area contributed by atoms with Gasteiger partial charge in [0.1, 0.15) is 5.82 Å². The molecule has 0 saturated carbocycles. The van der Waals surface area contributed by atoms with Crippen molar-refractivity contribution in [3.63, 3.8) is 0 Å². The highest BCUT2D eigenvalue weighted by atomic mass is 32.2. The first kappa shape index (κ1) is 17.0. The van der Waals surface area contributed by atoms with Crippen LogP contribution in [0.4, 0.5) is 17.6 Å². The second-order valence-electron chi connectivity index (χ2n) is 4.77. The zero-order chi connectivity index (χ0) is 16.5. The maximum absolute atomic E-state index is 11.5. The zero-order valence-corrected chi connectivity index (χ0v) is 13.8. The molecule has 23 heavy (non-hydrogen) atoms. The molecule has 0 aliphatic carbocycles. The molecule has 0 unspecified atom stereocenters. The Hall–Kier alpha value is -2.35. The van der Waals surface area contributed by atoms with E-state index in [2.05, 4.69) is 25.6 Å². The smallest absolute Gasteiger partial charge is 0.232 e. The van der Waals surface area contributed by atoms with Crippen LogP contribution in [0.25, 0.3) is 0 Å². The average molecular weight is 332 g/mol. The van der Waals surface area contributed by atoms with E-state index >= 15 is 0 Å². The normalized spacial score (nSPS) is 10.3. The Balaban J connectivity index is 1.91. The van der Waals surface area contributed by atoms with E-state index in [1.54, 1.807) is 0 Å². The quantitative estimate of drug-likeness (QED) is 0.678. The molecule has 0 spiro atoms. The number of rotatable bonds is 8. The Bertz CT molecular complexity index is 637. The molecule has 1 aromatic heterocycles. The number of amides is 1. The van der Waals surface area contributed by atoms with Gasteiger partial charge in [-0.15, -0.1) is 11.8 Å². The molecule has 0 aliphatic heterocycles. The molecule has 1 aromatic carbocycles. The third-order valence-electron chi connectivity index (χ3n) is 2.77. The number of nitrogens with zero attached hydrogens (tertiary/aromatic N) is 3. The van der Waals surface area contributed by atoms with Crippen LogP contribution < -0.4 is 16.4 Å². The van der Waals surface area contributed by atoms with Gasteiger partial charge in [0.15, 0.2) is 0 Å². The summed E-state index contributed by atoms with van der Waals surface area (Å²) in [6.07, 6.45) is 0.926. The lowest BCUT2D eigenvalue weighted by atomic mass is 10.3. The van der Waals surface area contributed by atoms with Crippen molar-refractivity contribution in [3.05, 3.63) is 36.2 Å². The molecule has 122 valence electrons. The third-order valence-corrected chi connectivity index (χ3v) is 3.69. The van der Waals surface area contributed by atoms with E-state index in [-0.39, 0.29) is 11.9 Å². The van der Waals surface area contributed by atoms with E-state index < -0.39 is 0 Å². The lowest BCUT2D eigenvalue weighted by Crippen LogP contribution is -2.25. The summed E-state index contributed by atoms with van der Waals surface area (Å²) in [6.45, 7) is 2.71. The van der Waals surface area contributed by atoms with Crippen LogP contribution in [0.15, 0.2) is 30.3 Å². The van der Waals surface area contributed by atoms with Crippen molar-refractivity contribution in [1.82, 2.24) is 20.3 Å². The van der Waals surface area contributed by atoms with Gasteiger partial charge in [-0.25, -0.2) is 0 Å². The van der Waals surface area contributed by atoms with Gasteiger partial charge in [-0.2, -0.15) is 15.0 Å². The lowest BCUT2D eigenvalue weighted by molar-refractivity contribution is -0.118. The predicted octanol–water partition coefficient (Wildman–Crippen LogP) is 1.96. The molecule has 0 fully saturated rings. The molecule has 7 nitrogen and oxygen atoms in total. The van der Waals surface area contributed by atoms with Crippen molar-refractivity contribution in [2.75, 3.05) is 23.3 Å². The maximum Gasteiger partial charge on any atom is 0.232 e. The molecule has 0 radical (unpaired) electrons. The van der Waals surface area contributed by atoms with E-state index in [1.807, 2.05) is 37.3 Å². The van der Waals surface area contributed by atoms with Crippen LogP contribution in [-0.4, -0.2) is 33.2 Å². The van der Waals surface area contributed by atoms with Gasteiger partial charge in [0.25, 0.3) is 0 Å². The second kappa shape index (κ2) is 8.94. The molecule has 1 heterocycles. The molecule has 2 aromatic rings. The first-order chi connectivity index (χ1) is 11.2. The summed E-state index contributed by atoms with van der Waals surface area (Å²) in [6, 6.07) is 9.58. The van der Waals surface area contributed by atoms with Crippen LogP contribution >= 0.6 is 11.8 Å². The molecule has 0 atom stereocenters. The van der Waals surface area contributed by atoms with Crippen molar-refractivity contribution in [3.8, 4) is 0 Å². The van der Waals surface area contributed by atoms with Gasteiger partial charge in [0.2, 0.25) is 17.8 Å². The molecule has 2 rings (SSSR count). The molecule has 1 amide bonds. The number of carbonyl (C=O) groups is 1. The number of nitrogens with one attached hydrogen (secondary N) is 2. The van der Waals surface area contributed by atoms with Gasteiger partial charge in [-0.3, -0.25) is 4.79 Å². The van der Waals surface area contributed by atoms with Gasteiger partial charge in [-0.1, -0.05) is 25.1 Å². The van der Waals surface area contributed by atoms with E-state index in [1.165, 1.54) is 11.8 Å². The van der Waals surface area contributed by atoms with E-state index in [4.69, 9.17) is 5.73 Å². The Kier molecular flexibility index (Phi) is 6.61. The number of anilines is 3. The lowest BCUT2D eigenvalue weighted by Gasteiger charge is -2.07. The van der Waals surface area contributed by atoms with Gasteiger partial charge in [0, 0.05) is 12.2 Å². The first-order valence-corrected chi connectivity index (χ1v) is 8.49.